The Labute approximate surface area is 234 Å². The molecule has 0 aliphatic carbocycles. The van der Waals surface area contributed by atoms with Gasteiger partial charge in [0.25, 0.3) is 0 Å². The SMILES string of the molecule is COc1cc(O)c(C(=O)CCc2ccccc2)c(O)c1[C@H](C=C(C)C)c1cc(C(=O)O)cc(CC=C(C)C)c1O. The van der Waals surface area contributed by atoms with Crippen molar-refractivity contribution in [2.24, 2.45) is 0 Å². The molecule has 3 rings (SSSR count). The van der Waals surface area contributed by atoms with Crippen molar-refractivity contribution >= 4 is 11.8 Å². The Bertz CT molecular complexity index is 1460. The number of carbonyl (C=O) groups is 2. The van der Waals surface area contributed by atoms with Crippen molar-refractivity contribution in [3.8, 4) is 23.0 Å². The number of aromatic carboxylic acids is 1. The maximum atomic E-state index is 13.3. The molecule has 0 bridgehead atoms. The van der Waals surface area contributed by atoms with Crippen LogP contribution in [-0.4, -0.2) is 39.3 Å². The van der Waals surface area contributed by atoms with Gasteiger partial charge in [0.05, 0.1) is 12.7 Å². The summed E-state index contributed by atoms with van der Waals surface area (Å²) in [5, 5.41) is 43.5. The number of aromatic hydroxyl groups is 3. The molecule has 0 aromatic heterocycles. The molecule has 1 atom stereocenters. The number of carboxylic acids is 1. The Balaban J connectivity index is 2.24. The number of carboxylic acid groups (broad SMARTS) is 1. The van der Waals surface area contributed by atoms with E-state index in [1.807, 2.05) is 64.1 Å². The van der Waals surface area contributed by atoms with Gasteiger partial charge in [0.15, 0.2) is 5.78 Å². The summed E-state index contributed by atoms with van der Waals surface area (Å²) in [6.45, 7) is 7.46. The zero-order chi connectivity index (χ0) is 29.6. The highest BCUT2D eigenvalue weighted by molar-refractivity contribution is 6.02. The number of hydrogen-bond acceptors (Lipinski definition) is 6. The Morgan fingerprint density at radius 1 is 0.925 bits per heavy atom. The van der Waals surface area contributed by atoms with Gasteiger partial charge in [0, 0.05) is 29.5 Å². The summed E-state index contributed by atoms with van der Waals surface area (Å²) in [5.41, 5.74) is 3.22. The summed E-state index contributed by atoms with van der Waals surface area (Å²) < 4.78 is 5.51. The van der Waals surface area contributed by atoms with Crippen LogP contribution < -0.4 is 4.74 Å². The van der Waals surface area contributed by atoms with Crippen molar-refractivity contribution in [3.05, 3.63) is 105 Å². The fourth-order valence-corrected chi connectivity index (χ4v) is 4.63. The molecule has 40 heavy (non-hydrogen) atoms. The van der Waals surface area contributed by atoms with E-state index in [0.29, 0.717) is 18.4 Å². The van der Waals surface area contributed by atoms with Gasteiger partial charge >= 0.3 is 5.97 Å². The van der Waals surface area contributed by atoms with Crippen LogP contribution in [0.1, 0.15) is 83.0 Å². The number of phenolic OH excluding ortho intramolecular Hbond substituents is 3. The zero-order valence-corrected chi connectivity index (χ0v) is 23.5. The molecule has 0 amide bonds. The first kappa shape index (κ1) is 30.0. The van der Waals surface area contributed by atoms with Crippen molar-refractivity contribution in [1.29, 1.82) is 0 Å². The standard InChI is InChI=1S/C33H36O7/c1-19(2)11-13-22-16-23(33(38)39)17-25(31(22)36)24(15-20(3)4)29-28(40-5)18-27(35)30(32(29)37)26(34)14-12-21-9-7-6-8-10-21/h6-11,15-18,24,35-37H,12-14H2,1-5H3,(H,38,39)/t24-/m1/s1. The lowest BCUT2D eigenvalue weighted by atomic mass is 9.83. The number of benzene rings is 3. The number of Topliss-reactive ketones (excluding diaryl/α,β-unsaturated/α-hetero) is 1. The number of allylic oxidation sites excluding steroid dienone is 4. The maximum absolute atomic E-state index is 13.3. The molecule has 0 spiro atoms. The van der Waals surface area contributed by atoms with Gasteiger partial charge in [-0.2, -0.15) is 0 Å². The molecule has 0 radical (unpaired) electrons. The first-order valence-electron chi connectivity index (χ1n) is 13.0. The van der Waals surface area contributed by atoms with Gasteiger partial charge in [-0.05, 0) is 63.8 Å². The first-order valence-corrected chi connectivity index (χ1v) is 13.0. The highest BCUT2D eigenvalue weighted by Crippen LogP contribution is 2.48. The van der Waals surface area contributed by atoms with Crippen LogP contribution in [0.5, 0.6) is 23.0 Å². The molecule has 0 saturated heterocycles. The third-order valence-electron chi connectivity index (χ3n) is 6.61. The van der Waals surface area contributed by atoms with E-state index in [4.69, 9.17) is 4.74 Å². The third kappa shape index (κ3) is 6.91. The molecule has 210 valence electrons. The van der Waals surface area contributed by atoms with Crippen LogP contribution >= 0.6 is 0 Å². The van der Waals surface area contributed by atoms with Crippen molar-refractivity contribution in [2.45, 2.75) is 52.9 Å². The van der Waals surface area contributed by atoms with Gasteiger partial charge in [0.1, 0.15) is 28.6 Å². The minimum absolute atomic E-state index is 0.0338. The number of rotatable bonds is 11. The summed E-state index contributed by atoms with van der Waals surface area (Å²) >= 11 is 0. The second-order valence-corrected chi connectivity index (χ2v) is 10.2. The molecular weight excluding hydrogens is 508 g/mol. The third-order valence-corrected chi connectivity index (χ3v) is 6.61. The minimum atomic E-state index is -1.17. The number of ketones is 1. The summed E-state index contributed by atoms with van der Waals surface area (Å²) in [7, 11) is 1.36. The quantitative estimate of drug-likeness (QED) is 0.152. The molecule has 4 N–H and O–H groups in total. The van der Waals surface area contributed by atoms with E-state index in [1.54, 1.807) is 6.08 Å². The van der Waals surface area contributed by atoms with Crippen LogP contribution in [0, 0.1) is 0 Å². The van der Waals surface area contributed by atoms with E-state index >= 15 is 0 Å². The van der Waals surface area contributed by atoms with Gasteiger partial charge in [-0.25, -0.2) is 4.79 Å². The molecule has 0 aliphatic heterocycles. The van der Waals surface area contributed by atoms with E-state index in [0.717, 1.165) is 16.7 Å². The van der Waals surface area contributed by atoms with Crippen LogP contribution in [0.25, 0.3) is 0 Å². The van der Waals surface area contributed by atoms with Crippen molar-refractivity contribution in [2.75, 3.05) is 7.11 Å². The average molecular weight is 545 g/mol. The summed E-state index contributed by atoms with van der Waals surface area (Å²) in [5.74, 6) is -3.49. The van der Waals surface area contributed by atoms with Crippen LogP contribution in [0.2, 0.25) is 0 Å². The van der Waals surface area contributed by atoms with E-state index in [2.05, 4.69) is 0 Å². The lowest BCUT2D eigenvalue weighted by Crippen LogP contribution is -2.10. The van der Waals surface area contributed by atoms with E-state index in [9.17, 15) is 30.0 Å². The topological polar surface area (TPSA) is 124 Å². The largest absolute Gasteiger partial charge is 0.507 e. The van der Waals surface area contributed by atoms with Crippen molar-refractivity contribution in [3.63, 3.8) is 0 Å². The Hall–Kier alpha value is -4.52. The maximum Gasteiger partial charge on any atom is 0.335 e. The normalized spacial score (nSPS) is 11.4. The molecule has 0 aliphatic rings. The van der Waals surface area contributed by atoms with E-state index < -0.39 is 29.2 Å². The molecule has 0 fully saturated rings. The van der Waals surface area contributed by atoms with Gasteiger partial charge in [-0.3, -0.25) is 4.79 Å². The number of carbonyl (C=O) groups excluding carboxylic acids is 1. The van der Waals surface area contributed by atoms with Crippen LogP contribution in [0.3, 0.4) is 0 Å². The lowest BCUT2D eigenvalue weighted by Gasteiger charge is -2.23. The fourth-order valence-electron chi connectivity index (χ4n) is 4.63. The molecule has 0 unspecified atom stereocenters. The molecule has 7 nitrogen and oxygen atoms in total. The van der Waals surface area contributed by atoms with Crippen molar-refractivity contribution < 1.29 is 34.8 Å². The van der Waals surface area contributed by atoms with E-state index in [-0.39, 0.29) is 40.2 Å². The van der Waals surface area contributed by atoms with Gasteiger partial charge < -0.3 is 25.2 Å². The van der Waals surface area contributed by atoms with Crippen LogP contribution in [0.15, 0.2) is 71.8 Å². The second-order valence-electron chi connectivity index (χ2n) is 10.2. The second kappa shape index (κ2) is 13.0. The Morgan fingerprint density at radius 3 is 2.17 bits per heavy atom. The number of phenols is 3. The number of aryl methyl sites for hydroxylation is 1. The Morgan fingerprint density at radius 2 is 1.60 bits per heavy atom. The van der Waals surface area contributed by atoms with Gasteiger partial charge in [-0.15, -0.1) is 0 Å². The van der Waals surface area contributed by atoms with Gasteiger partial charge in [0.2, 0.25) is 0 Å². The fraction of sp³-hybridized carbons (Fsp3) is 0.273. The predicted octanol–water partition coefficient (Wildman–Crippen LogP) is 6.93. The zero-order valence-electron chi connectivity index (χ0n) is 23.5. The van der Waals surface area contributed by atoms with Crippen LogP contribution in [-0.2, 0) is 12.8 Å². The Kier molecular flexibility index (Phi) is 9.78. The summed E-state index contributed by atoms with van der Waals surface area (Å²) in [4.78, 5) is 25.3. The highest BCUT2D eigenvalue weighted by Gasteiger charge is 2.30. The van der Waals surface area contributed by atoms with Crippen molar-refractivity contribution in [1.82, 2.24) is 0 Å². The number of methoxy groups -OCH3 is 1. The minimum Gasteiger partial charge on any atom is -0.507 e. The molecule has 3 aromatic carbocycles. The predicted molar refractivity (Wildman–Crippen MR) is 155 cm³/mol. The first-order chi connectivity index (χ1) is 18.9. The van der Waals surface area contributed by atoms with Gasteiger partial charge in [-0.1, -0.05) is 53.6 Å². The lowest BCUT2D eigenvalue weighted by molar-refractivity contribution is 0.0696. The molecular formula is C33H36O7. The monoisotopic (exact) mass is 544 g/mol. The van der Waals surface area contributed by atoms with Crippen LogP contribution in [0.4, 0.5) is 0 Å². The average Bonchev–Trinajstić information content (AvgIpc) is 2.90. The summed E-state index contributed by atoms with van der Waals surface area (Å²) in [6.07, 6.45) is 4.37. The molecule has 7 heteroatoms. The van der Waals surface area contributed by atoms with E-state index in [1.165, 1.54) is 25.3 Å². The summed E-state index contributed by atoms with van der Waals surface area (Å²) in [6, 6.07) is 13.4. The number of hydrogen-bond donors (Lipinski definition) is 4. The highest BCUT2D eigenvalue weighted by atomic mass is 16.5. The number of ether oxygens (including phenoxy) is 1. The smallest absolute Gasteiger partial charge is 0.335 e. The molecule has 3 aromatic rings. The molecule has 0 heterocycles. The molecule has 0 saturated carbocycles.